The lowest BCUT2D eigenvalue weighted by Crippen LogP contribution is -1.96. The number of aliphatic hydroxyl groups is 1. The fourth-order valence-corrected chi connectivity index (χ4v) is 1.20. The van der Waals surface area contributed by atoms with Crippen LogP contribution in [0.15, 0.2) is 18.2 Å². The second kappa shape index (κ2) is 3.38. The van der Waals surface area contributed by atoms with Gasteiger partial charge in [-0.15, -0.1) is 0 Å². The van der Waals surface area contributed by atoms with Crippen molar-refractivity contribution in [1.29, 1.82) is 5.26 Å². The van der Waals surface area contributed by atoms with Crippen LogP contribution < -0.4 is 0 Å². The molecule has 0 saturated heterocycles. The van der Waals surface area contributed by atoms with Crippen molar-refractivity contribution in [2.45, 2.75) is 20.0 Å². The molecular formula is C10H11NO. The Balaban J connectivity index is 3.11. The number of rotatable bonds is 1. The molecule has 12 heavy (non-hydrogen) atoms. The predicted molar refractivity (Wildman–Crippen MR) is 46.5 cm³/mol. The van der Waals surface area contributed by atoms with E-state index in [0.29, 0.717) is 5.56 Å². The van der Waals surface area contributed by atoms with Gasteiger partial charge >= 0.3 is 0 Å². The van der Waals surface area contributed by atoms with Crippen LogP contribution >= 0.6 is 0 Å². The minimum Gasteiger partial charge on any atom is -0.374 e. The molecule has 1 N–H and O–H groups in total. The Morgan fingerprint density at radius 2 is 2.08 bits per heavy atom. The largest absolute Gasteiger partial charge is 0.374 e. The quantitative estimate of drug-likeness (QED) is 0.639. The molecule has 0 bridgehead atoms. The Labute approximate surface area is 72.1 Å². The Hall–Kier alpha value is -1.33. The molecule has 2 heteroatoms. The lowest BCUT2D eigenvalue weighted by atomic mass is 10.0. The van der Waals surface area contributed by atoms with Crippen molar-refractivity contribution in [2.75, 3.05) is 0 Å². The number of hydrogen-bond donors (Lipinski definition) is 1. The Morgan fingerprint density at radius 3 is 2.58 bits per heavy atom. The van der Waals surface area contributed by atoms with Crippen LogP contribution in [-0.4, -0.2) is 5.11 Å². The van der Waals surface area contributed by atoms with E-state index < -0.39 is 6.10 Å². The van der Waals surface area contributed by atoms with Crippen LogP contribution in [0.4, 0.5) is 0 Å². The average Bonchev–Trinajstić information content (AvgIpc) is 2.03. The third-order valence-electron chi connectivity index (χ3n) is 1.84. The summed E-state index contributed by atoms with van der Waals surface area (Å²) in [4.78, 5) is 0. The summed E-state index contributed by atoms with van der Waals surface area (Å²) >= 11 is 0. The van der Waals surface area contributed by atoms with Crippen molar-refractivity contribution in [1.82, 2.24) is 0 Å². The van der Waals surface area contributed by atoms with E-state index in [2.05, 4.69) is 0 Å². The van der Waals surface area contributed by atoms with Crippen LogP contribution in [0.25, 0.3) is 0 Å². The van der Waals surface area contributed by atoms with Gasteiger partial charge in [0.1, 0.15) is 0 Å². The highest BCUT2D eigenvalue weighted by molar-refractivity contribution is 5.34. The molecule has 62 valence electrons. The lowest BCUT2D eigenvalue weighted by Gasteiger charge is -2.06. The lowest BCUT2D eigenvalue weighted by molar-refractivity contribution is 0.235. The van der Waals surface area contributed by atoms with E-state index in [-0.39, 0.29) is 0 Å². The molecular weight excluding hydrogens is 150 g/mol. The smallest absolute Gasteiger partial charge is 0.166 e. The first-order valence-corrected chi connectivity index (χ1v) is 3.80. The van der Waals surface area contributed by atoms with Gasteiger partial charge in [-0.05, 0) is 25.0 Å². The average molecular weight is 161 g/mol. The zero-order chi connectivity index (χ0) is 9.14. The zero-order valence-corrected chi connectivity index (χ0v) is 7.20. The molecule has 1 aromatic rings. The summed E-state index contributed by atoms with van der Waals surface area (Å²) in [6, 6.07) is 7.43. The first-order valence-electron chi connectivity index (χ1n) is 3.80. The van der Waals surface area contributed by atoms with Crippen LogP contribution in [-0.2, 0) is 0 Å². The molecule has 0 aromatic heterocycles. The van der Waals surface area contributed by atoms with E-state index in [4.69, 9.17) is 5.26 Å². The molecule has 1 atom stereocenters. The normalized spacial score (nSPS) is 12.2. The number of nitrogens with zero attached hydrogens (tertiary/aromatic N) is 1. The topological polar surface area (TPSA) is 44.0 Å². The monoisotopic (exact) mass is 161 g/mol. The Morgan fingerprint density at radius 1 is 1.42 bits per heavy atom. The maximum Gasteiger partial charge on any atom is 0.166 e. The molecule has 0 spiro atoms. The van der Waals surface area contributed by atoms with E-state index in [1.54, 1.807) is 12.1 Å². The molecule has 1 aromatic carbocycles. The number of nitriles is 1. The molecule has 0 amide bonds. The van der Waals surface area contributed by atoms with Gasteiger partial charge in [-0.25, -0.2) is 0 Å². The summed E-state index contributed by atoms with van der Waals surface area (Å²) < 4.78 is 0. The minimum atomic E-state index is -0.995. The summed E-state index contributed by atoms with van der Waals surface area (Å²) in [5.74, 6) is 0. The van der Waals surface area contributed by atoms with E-state index in [9.17, 15) is 5.11 Å². The van der Waals surface area contributed by atoms with Crippen molar-refractivity contribution >= 4 is 0 Å². The SMILES string of the molecule is Cc1ccc(C(O)C#N)c(C)c1. The van der Waals surface area contributed by atoms with Gasteiger partial charge in [0.15, 0.2) is 6.10 Å². The third kappa shape index (κ3) is 1.63. The van der Waals surface area contributed by atoms with E-state index in [1.165, 1.54) is 0 Å². The van der Waals surface area contributed by atoms with Gasteiger partial charge in [0.2, 0.25) is 0 Å². The maximum absolute atomic E-state index is 9.24. The van der Waals surface area contributed by atoms with E-state index in [1.807, 2.05) is 26.0 Å². The summed E-state index contributed by atoms with van der Waals surface area (Å²) in [6.45, 7) is 3.87. The van der Waals surface area contributed by atoms with Gasteiger partial charge in [0, 0.05) is 0 Å². The summed E-state index contributed by atoms with van der Waals surface area (Å²) in [5, 5.41) is 17.7. The predicted octanol–water partition coefficient (Wildman–Crippen LogP) is 1.86. The van der Waals surface area contributed by atoms with Crippen LogP contribution in [0.2, 0.25) is 0 Å². The first-order chi connectivity index (χ1) is 5.65. The second-order valence-electron chi connectivity index (χ2n) is 2.89. The Bertz CT molecular complexity index is 325. The van der Waals surface area contributed by atoms with Gasteiger partial charge in [0.05, 0.1) is 6.07 Å². The van der Waals surface area contributed by atoms with Crippen LogP contribution in [0.1, 0.15) is 22.8 Å². The number of aryl methyl sites for hydroxylation is 2. The van der Waals surface area contributed by atoms with Crippen LogP contribution in [0, 0.1) is 25.2 Å². The Kier molecular flexibility index (Phi) is 2.47. The summed E-state index contributed by atoms with van der Waals surface area (Å²) in [7, 11) is 0. The molecule has 0 saturated carbocycles. The van der Waals surface area contributed by atoms with Crippen LogP contribution in [0.3, 0.4) is 0 Å². The van der Waals surface area contributed by atoms with E-state index in [0.717, 1.165) is 11.1 Å². The molecule has 1 unspecified atom stereocenters. The first kappa shape index (κ1) is 8.76. The van der Waals surface area contributed by atoms with Gasteiger partial charge in [-0.2, -0.15) is 5.26 Å². The van der Waals surface area contributed by atoms with Crippen LogP contribution in [0.5, 0.6) is 0 Å². The third-order valence-corrected chi connectivity index (χ3v) is 1.84. The standard InChI is InChI=1S/C10H11NO/c1-7-3-4-9(8(2)5-7)10(12)6-11/h3-5,10,12H,1-2H3. The molecule has 0 aliphatic rings. The molecule has 0 heterocycles. The maximum atomic E-state index is 9.24. The molecule has 0 aliphatic heterocycles. The minimum absolute atomic E-state index is 0.697. The van der Waals surface area contributed by atoms with Gasteiger partial charge in [-0.3, -0.25) is 0 Å². The van der Waals surface area contributed by atoms with Crippen molar-refractivity contribution in [3.63, 3.8) is 0 Å². The van der Waals surface area contributed by atoms with Crippen molar-refractivity contribution in [3.05, 3.63) is 34.9 Å². The number of benzene rings is 1. The highest BCUT2D eigenvalue weighted by Gasteiger charge is 2.07. The number of aliphatic hydroxyl groups excluding tert-OH is 1. The fourth-order valence-electron chi connectivity index (χ4n) is 1.20. The number of hydrogen-bond acceptors (Lipinski definition) is 2. The second-order valence-corrected chi connectivity index (χ2v) is 2.89. The van der Waals surface area contributed by atoms with Gasteiger partial charge in [-0.1, -0.05) is 23.8 Å². The molecule has 1 rings (SSSR count). The fraction of sp³-hybridized carbons (Fsp3) is 0.300. The summed E-state index contributed by atoms with van der Waals surface area (Å²) in [6.07, 6.45) is -0.995. The molecule has 0 aliphatic carbocycles. The van der Waals surface area contributed by atoms with E-state index >= 15 is 0 Å². The molecule has 0 radical (unpaired) electrons. The van der Waals surface area contributed by atoms with Gasteiger partial charge < -0.3 is 5.11 Å². The van der Waals surface area contributed by atoms with Gasteiger partial charge in [0.25, 0.3) is 0 Å². The highest BCUT2D eigenvalue weighted by atomic mass is 16.3. The summed E-state index contributed by atoms with van der Waals surface area (Å²) in [5.41, 5.74) is 2.80. The molecule has 2 nitrogen and oxygen atoms in total. The van der Waals surface area contributed by atoms with Crippen molar-refractivity contribution in [2.24, 2.45) is 0 Å². The molecule has 0 fully saturated rings. The zero-order valence-electron chi connectivity index (χ0n) is 7.20. The highest BCUT2D eigenvalue weighted by Crippen LogP contribution is 2.17. The van der Waals surface area contributed by atoms with Crippen molar-refractivity contribution in [3.8, 4) is 6.07 Å². The van der Waals surface area contributed by atoms with Crippen molar-refractivity contribution < 1.29 is 5.11 Å².